The molecule has 0 saturated carbocycles. The molecule has 2 aromatic rings. The van der Waals surface area contributed by atoms with Crippen LogP contribution >= 0.6 is 11.6 Å². The van der Waals surface area contributed by atoms with Crippen LogP contribution in [0.4, 0.5) is 5.82 Å². The fourth-order valence-electron chi connectivity index (χ4n) is 2.79. The molecule has 122 valence electrons. The van der Waals surface area contributed by atoms with E-state index in [1.165, 1.54) is 0 Å². The molecule has 5 heteroatoms. The zero-order valence-corrected chi connectivity index (χ0v) is 14.4. The van der Waals surface area contributed by atoms with Gasteiger partial charge in [-0.15, -0.1) is 0 Å². The third-order valence-corrected chi connectivity index (χ3v) is 4.59. The Morgan fingerprint density at radius 3 is 2.65 bits per heavy atom. The number of halogens is 1. The van der Waals surface area contributed by atoms with Crippen LogP contribution in [0.1, 0.15) is 25.0 Å². The molecule has 0 saturated heterocycles. The average molecular weight is 332 g/mol. The first-order chi connectivity index (χ1) is 11.2. The molecule has 0 N–H and O–H groups in total. The van der Waals surface area contributed by atoms with Gasteiger partial charge in [-0.05, 0) is 19.0 Å². The van der Waals surface area contributed by atoms with Crippen molar-refractivity contribution in [3.8, 4) is 5.75 Å². The van der Waals surface area contributed by atoms with Gasteiger partial charge in [0.25, 0.3) is 0 Å². The summed E-state index contributed by atoms with van der Waals surface area (Å²) in [7, 11) is 0. The second-order valence-electron chi connectivity index (χ2n) is 5.66. The topological polar surface area (TPSA) is 28.6 Å². The lowest BCUT2D eigenvalue weighted by atomic mass is 10.1. The molecule has 1 aliphatic heterocycles. The number of benzene rings is 1. The molecule has 0 unspecified atom stereocenters. The largest absolute Gasteiger partial charge is 0.486 e. The summed E-state index contributed by atoms with van der Waals surface area (Å²) in [6.45, 7) is 8.41. The maximum atomic E-state index is 6.62. The molecule has 0 bridgehead atoms. The van der Waals surface area contributed by atoms with Crippen LogP contribution in [-0.4, -0.2) is 29.6 Å². The van der Waals surface area contributed by atoms with Gasteiger partial charge < -0.3 is 9.64 Å². The summed E-state index contributed by atoms with van der Waals surface area (Å²) in [5.74, 6) is 1.64. The van der Waals surface area contributed by atoms with E-state index in [9.17, 15) is 0 Å². The summed E-state index contributed by atoms with van der Waals surface area (Å²) < 4.78 is 5.90. The van der Waals surface area contributed by atoms with Crippen molar-refractivity contribution in [3.05, 3.63) is 52.7 Å². The van der Waals surface area contributed by atoms with Crippen molar-refractivity contribution < 1.29 is 4.74 Å². The standard InChI is InChI=1S/C18H22ClN3O/c1-3-21-11-15-17(19)16(10-20-18(15)22(4-2)13-21)23-12-14-8-6-5-7-9-14/h5-10H,3-4,11-13H2,1-2H3. The number of nitrogens with zero attached hydrogens (tertiary/aromatic N) is 3. The van der Waals surface area contributed by atoms with Crippen molar-refractivity contribution in [2.45, 2.75) is 27.0 Å². The van der Waals surface area contributed by atoms with E-state index >= 15 is 0 Å². The Morgan fingerprint density at radius 2 is 1.96 bits per heavy atom. The van der Waals surface area contributed by atoms with Crippen molar-refractivity contribution in [1.82, 2.24) is 9.88 Å². The SMILES string of the molecule is CCN1Cc2c(ncc(OCc3ccccc3)c2Cl)N(CC)C1. The molecule has 0 atom stereocenters. The predicted molar refractivity (Wildman–Crippen MR) is 94.0 cm³/mol. The van der Waals surface area contributed by atoms with Gasteiger partial charge in [0, 0.05) is 18.7 Å². The minimum Gasteiger partial charge on any atom is -0.486 e. The normalized spacial score (nSPS) is 14.7. The van der Waals surface area contributed by atoms with Crippen LogP contribution in [0.5, 0.6) is 5.75 Å². The lowest BCUT2D eigenvalue weighted by molar-refractivity contribution is 0.262. The van der Waals surface area contributed by atoms with E-state index in [0.717, 1.165) is 43.2 Å². The van der Waals surface area contributed by atoms with Gasteiger partial charge in [0.15, 0.2) is 5.75 Å². The monoisotopic (exact) mass is 331 g/mol. The van der Waals surface area contributed by atoms with E-state index in [1.54, 1.807) is 6.20 Å². The Kier molecular flexibility index (Phi) is 5.03. The fraction of sp³-hybridized carbons (Fsp3) is 0.389. The Labute approximate surface area is 142 Å². The molecule has 0 radical (unpaired) electrons. The minimum atomic E-state index is 0.496. The highest BCUT2D eigenvalue weighted by Crippen LogP contribution is 2.36. The Balaban J connectivity index is 1.84. The lowest BCUT2D eigenvalue weighted by Crippen LogP contribution is -2.42. The zero-order chi connectivity index (χ0) is 16.2. The summed E-state index contributed by atoms with van der Waals surface area (Å²) in [5, 5.41) is 0.683. The third-order valence-electron chi connectivity index (χ3n) is 4.17. The highest BCUT2D eigenvalue weighted by Gasteiger charge is 2.25. The zero-order valence-electron chi connectivity index (χ0n) is 13.6. The smallest absolute Gasteiger partial charge is 0.157 e. The first-order valence-corrected chi connectivity index (χ1v) is 8.42. The molecule has 0 aliphatic carbocycles. The fourth-order valence-corrected chi connectivity index (χ4v) is 3.04. The Morgan fingerprint density at radius 1 is 1.17 bits per heavy atom. The van der Waals surface area contributed by atoms with Gasteiger partial charge in [-0.1, -0.05) is 48.9 Å². The molecule has 23 heavy (non-hydrogen) atoms. The summed E-state index contributed by atoms with van der Waals surface area (Å²) in [5.41, 5.74) is 2.18. The van der Waals surface area contributed by atoms with Crippen LogP contribution in [0.2, 0.25) is 5.02 Å². The molecule has 0 amide bonds. The summed E-state index contributed by atoms with van der Waals surface area (Å²) in [6, 6.07) is 10.1. The molecule has 1 aromatic heterocycles. The van der Waals surface area contributed by atoms with Crippen LogP contribution in [-0.2, 0) is 13.2 Å². The molecule has 2 heterocycles. The van der Waals surface area contributed by atoms with Crippen LogP contribution in [0.15, 0.2) is 36.5 Å². The Bertz CT molecular complexity index is 663. The number of hydrogen-bond donors (Lipinski definition) is 0. The van der Waals surface area contributed by atoms with Gasteiger partial charge in [0.05, 0.1) is 17.9 Å². The predicted octanol–water partition coefficient (Wildman–Crippen LogP) is 3.93. The molecule has 1 aromatic carbocycles. The van der Waals surface area contributed by atoms with Gasteiger partial charge in [0.2, 0.25) is 0 Å². The third kappa shape index (κ3) is 3.43. The van der Waals surface area contributed by atoms with E-state index in [4.69, 9.17) is 16.3 Å². The van der Waals surface area contributed by atoms with Gasteiger partial charge in [-0.2, -0.15) is 0 Å². The summed E-state index contributed by atoms with van der Waals surface area (Å²) in [6.07, 6.45) is 1.74. The molecule has 1 aliphatic rings. The molecule has 4 nitrogen and oxygen atoms in total. The van der Waals surface area contributed by atoms with Crippen molar-refractivity contribution in [2.24, 2.45) is 0 Å². The first kappa shape index (κ1) is 16.1. The summed E-state index contributed by atoms with van der Waals surface area (Å²) >= 11 is 6.62. The van der Waals surface area contributed by atoms with Crippen molar-refractivity contribution in [1.29, 1.82) is 0 Å². The number of pyridine rings is 1. The van der Waals surface area contributed by atoms with Crippen LogP contribution in [0.25, 0.3) is 0 Å². The number of rotatable bonds is 5. The quantitative estimate of drug-likeness (QED) is 0.830. The molecular weight excluding hydrogens is 310 g/mol. The number of ether oxygens (including phenoxy) is 1. The second kappa shape index (κ2) is 7.20. The lowest BCUT2D eigenvalue weighted by Gasteiger charge is -2.37. The van der Waals surface area contributed by atoms with Crippen molar-refractivity contribution in [3.63, 3.8) is 0 Å². The van der Waals surface area contributed by atoms with Gasteiger partial charge in [0.1, 0.15) is 12.4 Å². The van der Waals surface area contributed by atoms with E-state index < -0.39 is 0 Å². The van der Waals surface area contributed by atoms with Crippen LogP contribution in [0, 0.1) is 0 Å². The maximum absolute atomic E-state index is 6.62. The number of hydrogen-bond acceptors (Lipinski definition) is 4. The highest BCUT2D eigenvalue weighted by atomic mass is 35.5. The van der Waals surface area contributed by atoms with E-state index in [2.05, 4.69) is 28.6 Å². The van der Waals surface area contributed by atoms with Gasteiger partial charge in [-0.3, -0.25) is 4.90 Å². The molecule has 3 rings (SSSR count). The van der Waals surface area contributed by atoms with E-state index in [0.29, 0.717) is 17.4 Å². The summed E-state index contributed by atoms with van der Waals surface area (Å²) in [4.78, 5) is 9.20. The number of aromatic nitrogens is 1. The molecular formula is C18H22ClN3O. The van der Waals surface area contributed by atoms with Gasteiger partial charge in [-0.25, -0.2) is 4.98 Å². The minimum absolute atomic E-state index is 0.496. The van der Waals surface area contributed by atoms with Gasteiger partial charge >= 0.3 is 0 Å². The average Bonchev–Trinajstić information content (AvgIpc) is 2.61. The maximum Gasteiger partial charge on any atom is 0.157 e. The van der Waals surface area contributed by atoms with E-state index in [-0.39, 0.29) is 0 Å². The second-order valence-corrected chi connectivity index (χ2v) is 6.03. The highest BCUT2D eigenvalue weighted by molar-refractivity contribution is 6.33. The molecule has 0 spiro atoms. The van der Waals surface area contributed by atoms with Crippen molar-refractivity contribution >= 4 is 17.4 Å². The number of fused-ring (bicyclic) bond motifs is 1. The number of anilines is 1. The Hall–Kier alpha value is -1.78. The van der Waals surface area contributed by atoms with Crippen molar-refractivity contribution in [2.75, 3.05) is 24.7 Å². The van der Waals surface area contributed by atoms with Crippen LogP contribution < -0.4 is 9.64 Å². The van der Waals surface area contributed by atoms with E-state index in [1.807, 2.05) is 30.3 Å². The first-order valence-electron chi connectivity index (χ1n) is 8.04. The van der Waals surface area contributed by atoms with Crippen LogP contribution in [0.3, 0.4) is 0 Å². The molecule has 0 fully saturated rings.